The number of halogens is 1. The van der Waals surface area contributed by atoms with Crippen LogP contribution in [0.5, 0.6) is 0 Å². The minimum absolute atomic E-state index is 0.143. The SMILES string of the molecule is CCc1cc(C(=O)Nc2ccc(Cl)cn2)cs1. The molecule has 0 spiro atoms. The summed E-state index contributed by atoms with van der Waals surface area (Å²) in [6, 6.07) is 5.26. The number of thiophene rings is 1. The molecule has 1 amide bonds. The van der Waals surface area contributed by atoms with E-state index in [-0.39, 0.29) is 5.91 Å². The predicted molar refractivity (Wildman–Crippen MR) is 70.9 cm³/mol. The highest BCUT2D eigenvalue weighted by Crippen LogP contribution is 2.17. The average molecular weight is 267 g/mol. The standard InChI is InChI=1S/C12H11ClN2OS/c1-2-10-5-8(7-17-10)12(16)15-11-4-3-9(13)6-14-11/h3-7H,2H2,1H3,(H,14,15,16). The first kappa shape index (κ1) is 12.1. The Balaban J connectivity index is 2.08. The van der Waals surface area contributed by atoms with Crippen LogP contribution in [0.3, 0.4) is 0 Å². The van der Waals surface area contributed by atoms with Crippen LogP contribution in [0.15, 0.2) is 29.8 Å². The highest BCUT2D eigenvalue weighted by Gasteiger charge is 2.08. The number of hydrogen-bond acceptors (Lipinski definition) is 3. The molecule has 0 atom stereocenters. The van der Waals surface area contributed by atoms with Crippen molar-refractivity contribution >= 4 is 34.7 Å². The third-order valence-electron chi connectivity index (χ3n) is 2.23. The van der Waals surface area contributed by atoms with Crippen molar-refractivity contribution in [1.29, 1.82) is 0 Å². The van der Waals surface area contributed by atoms with Gasteiger partial charge in [-0.2, -0.15) is 0 Å². The van der Waals surface area contributed by atoms with Crippen LogP contribution in [0.4, 0.5) is 5.82 Å². The van der Waals surface area contributed by atoms with Gasteiger partial charge in [0.25, 0.3) is 5.91 Å². The summed E-state index contributed by atoms with van der Waals surface area (Å²) in [5.74, 6) is 0.361. The summed E-state index contributed by atoms with van der Waals surface area (Å²) >= 11 is 7.30. The number of anilines is 1. The van der Waals surface area contributed by atoms with Gasteiger partial charge in [-0.1, -0.05) is 18.5 Å². The molecule has 0 aliphatic carbocycles. The third kappa shape index (κ3) is 3.05. The van der Waals surface area contributed by atoms with E-state index in [1.165, 1.54) is 11.1 Å². The molecule has 88 valence electrons. The fourth-order valence-corrected chi connectivity index (χ4v) is 2.25. The maximum Gasteiger partial charge on any atom is 0.257 e. The molecule has 5 heteroatoms. The van der Waals surface area contributed by atoms with E-state index in [0.29, 0.717) is 16.4 Å². The molecule has 2 aromatic heterocycles. The van der Waals surface area contributed by atoms with Gasteiger partial charge in [0.05, 0.1) is 10.6 Å². The first-order valence-corrected chi connectivity index (χ1v) is 6.45. The lowest BCUT2D eigenvalue weighted by atomic mass is 10.2. The van der Waals surface area contributed by atoms with Crippen LogP contribution in [0.25, 0.3) is 0 Å². The Kier molecular flexibility index (Phi) is 3.76. The zero-order valence-corrected chi connectivity index (χ0v) is 10.8. The number of aromatic nitrogens is 1. The lowest BCUT2D eigenvalue weighted by Gasteiger charge is -2.02. The maximum absolute atomic E-state index is 11.9. The second-order valence-electron chi connectivity index (χ2n) is 3.47. The lowest BCUT2D eigenvalue weighted by molar-refractivity contribution is 0.102. The van der Waals surface area contributed by atoms with Crippen LogP contribution < -0.4 is 5.32 Å². The Morgan fingerprint density at radius 2 is 2.35 bits per heavy atom. The third-order valence-corrected chi connectivity index (χ3v) is 3.54. The van der Waals surface area contributed by atoms with E-state index in [0.717, 1.165) is 6.42 Å². The average Bonchev–Trinajstić information content (AvgIpc) is 2.81. The van der Waals surface area contributed by atoms with Gasteiger partial charge < -0.3 is 5.32 Å². The number of amides is 1. The summed E-state index contributed by atoms with van der Waals surface area (Å²) in [5, 5.41) is 5.12. The van der Waals surface area contributed by atoms with Gasteiger partial charge in [0.2, 0.25) is 0 Å². The monoisotopic (exact) mass is 266 g/mol. The van der Waals surface area contributed by atoms with Gasteiger partial charge >= 0.3 is 0 Å². The number of carbonyl (C=O) groups excluding carboxylic acids is 1. The Hall–Kier alpha value is -1.39. The van der Waals surface area contributed by atoms with Gasteiger partial charge in [0, 0.05) is 16.5 Å². The van der Waals surface area contributed by atoms with Crippen LogP contribution in [0.1, 0.15) is 22.2 Å². The largest absolute Gasteiger partial charge is 0.307 e. The van der Waals surface area contributed by atoms with Crippen molar-refractivity contribution in [3.63, 3.8) is 0 Å². The Morgan fingerprint density at radius 1 is 1.53 bits per heavy atom. The van der Waals surface area contributed by atoms with E-state index in [9.17, 15) is 4.79 Å². The first-order valence-electron chi connectivity index (χ1n) is 5.19. The number of hydrogen-bond donors (Lipinski definition) is 1. The number of pyridine rings is 1. The van der Waals surface area contributed by atoms with E-state index in [4.69, 9.17) is 11.6 Å². The number of rotatable bonds is 3. The Bertz CT molecular complexity index is 522. The summed E-state index contributed by atoms with van der Waals surface area (Å²) < 4.78 is 0. The minimum Gasteiger partial charge on any atom is -0.307 e. The minimum atomic E-state index is -0.143. The number of nitrogens with zero attached hydrogens (tertiary/aromatic N) is 1. The molecule has 0 aliphatic rings. The van der Waals surface area contributed by atoms with Gasteiger partial charge in [-0.05, 0) is 24.6 Å². The molecule has 2 aromatic rings. The van der Waals surface area contributed by atoms with Crippen LogP contribution in [-0.2, 0) is 6.42 Å². The normalized spacial score (nSPS) is 10.2. The summed E-state index contributed by atoms with van der Waals surface area (Å²) in [7, 11) is 0. The predicted octanol–water partition coefficient (Wildman–Crippen LogP) is 3.61. The van der Waals surface area contributed by atoms with Crippen molar-refractivity contribution in [1.82, 2.24) is 4.98 Å². The Morgan fingerprint density at radius 3 is 2.94 bits per heavy atom. The molecule has 0 aromatic carbocycles. The van der Waals surface area contributed by atoms with E-state index in [2.05, 4.69) is 17.2 Å². The van der Waals surface area contributed by atoms with Crippen molar-refractivity contribution in [3.05, 3.63) is 45.2 Å². The summed E-state index contributed by atoms with van der Waals surface area (Å²) in [5.41, 5.74) is 0.670. The fraction of sp³-hybridized carbons (Fsp3) is 0.167. The van der Waals surface area contributed by atoms with Gasteiger partial charge in [0.1, 0.15) is 5.82 Å². The van der Waals surface area contributed by atoms with E-state index in [1.54, 1.807) is 23.5 Å². The van der Waals surface area contributed by atoms with Crippen molar-refractivity contribution in [2.45, 2.75) is 13.3 Å². The molecule has 2 rings (SSSR count). The number of carbonyl (C=O) groups is 1. The second kappa shape index (κ2) is 5.29. The highest BCUT2D eigenvalue weighted by atomic mass is 35.5. The quantitative estimate of drug-likeness (QED) is 0.922. The van der Waals surface area contributed by atoms with Gasteiger partial charge in [0.15, 0.2) is 0 Å². The zero-order chi connectivity index (χ0) is 12.3. The van der Waals surface area contributed by atoms with Crippen LogP contribution >= 0.6 is 22.9 Å². The van der Waals surface area contributed by atoms with Crippen molar-refractivity contribution < 1.29 is 4.79 Å². The number of nitrogens with one attached hydrogen (secondary N) is 1. The van der Waals surface area contributed by atoms with Gasteiger partial charge in [-0.15, -0.1) is 11.3 Å². The molecule has 1 N–H and O–H groups in total. The summed E-state index contributed by atoms with van der Waals surface area (Å²) in [6.07, 6.45) is 2.44. The van der Waals surface area contributed by atoms with Crippen molar-refractivity contribution in [2.75, 3.05) is 5.32 Å². The molecule has 2 heterocycles. The first-order chi connectivity index (χ1) is 8.19. The van der Waals surface area contributed by atoms with Gasteiger partial charge in [-0.3, -0.25) is 4.79 Å². The Labute approximate surface area is 108 Å². The van der Waals surface area contributed by atoms with Crippen molar-refractivity contribution in [2.24, 2.45) is 0 Å². The molecule has 3 nitrogen and oxygen atoms in total. The van der Waals surface area contributed by atoms with E-state index in [1.807, 2.05) is 11.4 Å². The summed E-state index contributed by atoms with van der Waals surface area (Å²) in [6.45, 7) is 2.06. The molecule has 17 heavy (non-hydrogen) atoms. The fourth-order valence-electron chi connectivity index (χ4n) is 1.32. The molecule has 0 saturated carbocycles. The van der Waals surface area contributed by atoms with Crippen LogP contribution in [0, 0.1) is 0 Å². The smallest absolute Gasteiger partial charge is 0.257 e. The van der Waals surface area contributed by atoms with Crippen LogP contribution in [0.2, 0.25) is 5.02 Å². The molecule has 0 unspecified atom stereocenters. The van der Waals surface area contributed by atoms with E-state index >= 15 is 0 Å². The zero-order valence-electron chi connectivity index (χ0n) is 9.24. The molecular formula is C12H11ClN2OS. The topological polar surface area (TPSA) is 42.0 Å². The summed E-state index contributed by atoms with van der Waals surface area (Å²) in [4.78, 5) is 17.1. The van der Waals surface area contributed by atoms with Crippen molar-refractivity contribution in [3.8, 4) is 0 Å². The molecule has 0 fully saturated rings. The maximum atomic E-state index is 11.9. The number of aryl methyl sites for hydroxylation is 1. The molecular weight excluding hydrogens is 256 g/mol. The highest BCUT2D eigenvalue weighted by molar-refractivity contribution is 7.10. The molecule has 0 saturated heterocycles. The van der Waals surface area contributed by atoms with E-state index < -0.39 is 0 Å². The molecule has 0 radical (unpaired) electrons. The second-order valence-corrected chi connectivity index (χ2v) is 4.90. The van der Waals surface area contributed by atoms with Crippen LogP contribution in [-0.4, -0.2) is 10.9 Å². The molecule has 0 aliphatic heterocycles. The van der Waals surface area contributed by atoms with Gasteiger partial charge in [-0.25, -0.2) is 4.98 Å². The lowest BCUT2D eigenvalue weighted by Crippen LogP contribution is -2.11. The molecule has 0 bridgehead atoms.